The molecule has 1 N–H and O–H groups in total. The molecule has 6 nitrogen and oxygen atoms in total. The lowest BCUT2D eigenvalue weighted by atomic mass is 10.3. The van der Waals surface area contributed by atoms with Gasteiger partial charge in [0.25, 0.3) is 0 Å². The largest absolute Gasteiger partial charge is 0.379 e. The minimum Gasteiger partial charge on any atom is -0.379 e. The van der Waals surface area contributed by atoms with Gasteiger partial charge in [0.2, 0.25) is 0 Å². The quantitative estimate of drug-likeness (QED) is 0.887. The lowest BCUT2D eigenvalue weighted by Gasteiger charge is -2.05. The zero-order valence-electron chi connectivity index (χ0n) is 10.2. The summed E-state index contributed by atoms with van der Waals surface area (Å²) in [5.41, 5.74) is 1.53. The summed E-state index contributed by atoms with van der Waals surface area (Å²) >= 11 is 0. The van der Waals surface area contributed by atoms with Gasteiger partial charge in [0.15, 0.2) is 9.84 Å². The van der Waals surface area contributed by atoms with Crippen molar-refractivity contribution in [2.45, 2.75) is 11.4 Å². The summed E-state index contributed by atoms with van der Waals surface area (Å²) in [7, 11) is -1.38. The third kappa shape index (κ3) is 3.07. The van der Waals surface area contributed by atoms with Crippen molar-refractivity contribution < 1.29 is 8.42 Å². The first kappa shape index (κ1) is 12.6. The van der Waals surface area contributed by atoms with E-state index in [-0.39, 0.29) is 0 Å². The summed E-state index contributed by atoms with van der Waals surface area (Å²) < 4.78 is 24.4. The molecule has 0 radical (unpaired) electrons. The number of aryl methyl sites for hydroxylation is 1. The van der Waals surface area contributed by atoms with Crippen LogP contribution in [0, 0.1) is 0 Å². The molecule has 0 unspecified atom stereocenters. The molecule has 1 heterocycles. The summed E-state index contributed by atoms with van der Waals surface area (Å²) in [6.45, 7) is 0.501. The van der Waals surface area contributed by atoms with Crippen molar-refractivity contribution in [3.8, 4) is 0 Å². The van der Waals surface area contributed by atoms with Crippen molar-refractivity contribution >= 4 is 15.5 Å². The predicted molar refractivity (Wildman–Crippen MR) is 67.9 cm³/mol. The van der Waals surface area contributed by atoms with Gasteiger partial charge >= 0.3 is 0 Å². The minimum absolute atomic E-state index is 0.298. The van der Waals surface area contributed by atoms with Crippen LogP contribution in [0.5, 0.6) is 0 Å². The standard InChI is InChI=1S/C11H14N4O2S/c1-15-8-10(13-14-15)7-12-9-4-3-5-11(6-9)18(2,16)17/h3-6,8,12H,7H2,1-2H3. The summed E-state index contributed by atoms with van der Waals surface area (Å²) in [5.74, 6) is 0. The molecule has 7 heteroatoms. The highest BCUT2D eigenvalue weighted by Gasteiger charge is 2.07. The number of hydrogen-bond acceptors (Lipinski definition) is 5. The highest BCUT2D eigenvalue weighted by Crippen LogP contribution is 2.15. The molecule has 0 saturated carbocycles. The molecule has 0 bridgehead atoms. The molecule has 0 atom stereocenters. The van der Waals surface area contributed by atoms with Gasteiger partial charge < -0.3 is 5.32 Å². The number of aromatic nitrogens is 3. The van der Waals surface area contributed by atoms with Crippen LogP contribution < -0.4 is 5.32 Å². The van der Waals surface area contributed by atoms with Gasteiger partial charge in [0.05, 0.1) is 11.4 Å². The van der Waals surface area contributed by atoms with Gasteiger partial charge in [0, 0.05) is 25.2 Å². The van der Waals surface area contributed by atoms with Crippen LogP contribution in [0.1, 0.15) is 5.69 Å². The van der Waals surface area contributed by atoms with Crippen molar-refractivity contribution in [2.75, 3.05) is 11.6 Å². The van der Waals surface area contributed by atoms with E-state index < -0.39 is 9.84 Å². The molecule has 2 rings (SSSR count). The van der Waals surface area contributed by atoms with Crippen molar-refractivity contribution in [1.82, 2.24) is 15.0 Å². The molecule has 0 aliphatic heterocycles. The highest BCUT2D eigenvalue weighted by molar-refractivity contribution is 7.90. The predicted octanol–water partition coefficient (Wildman–Crippen LogP) is 0.831. The fourth-order valence-electron chi connectivity index (χ4n) is 1.51. The van der Waals surface area contributed by atoms with Crippen LogP contribution in [0.15, 0.2) is 35.4 Å². The van der Waals surface area contributed by atoms with Gasteiger partial charge in [-0.3, -0.25) is 4.68 Å². The van der Waals surface area contributed by atoms with Gasteiger partial charge in [-0.15, -0.1) is 5.10 Å². The maximum atomic E-state index is 11.4. The number of hydrogen-bond donors (Lipinski definition) is 1. The summed E-state index contributed by atoms with van der Waals surface area (Å²) in [5, 5.41) is 10.9. The van der Waals surface area contributed by atoms with E-state index in [1.54, 1.807) is 36.1 Å². The Bertz CT molecular complexity index is 649. The van der Waals surface area contributed by atoms with Gasteiger partial charge in [-0.05, 0) is 18.2 Å². The van der Waals surface area contributed by atoms with E-state index in [1.807, 2.05) is 6.07 Å². The van der Waals surface area contributed by atoms with Gasteiger partial charge in [-0.25, -0.2) is 8.42 Å². The van der Waals surface area contributed by atoms with Crippen molar-refractivity contribution in [1.29, 1.82) is 0 Å². The van der Waals surface area contributed by atoms with E-state index >= 15 is 0 Å². The molecule has 0 aliphatic carbocycles. The van der Waals surface area contributed by atoms with E-state index in [0.29, 0.717) is 11.4 Å². The molecular weight excluding hydrogens is 252 g/mol. The zero-order valence-corrected chi connectivity index (χ0v) is 11.0. The first-order valence-corrected chi connectivity index (χ1v) is 7.23. The Hall–Kier alpha value is -1.89. The number of nitrogens with zero attached hydrogens (tertiary/aromatic N) is 3. The van der Waals surface area contributed by atoms with E-state index in [4.69, 9.17) is 0 Å². The summed E-state index contributed by atoms with van der Waals surface area (Å²) in [6, 6.07) is 6.69. The maximum absolute atomic E-state index is 11.4. The lowest BCUT2D eigenvalue weighted by molar-refractivity contribution is 0.602. The smallest absolute Gasteiger partial charge is 0.175 e. The average molecular weight is 266 g/mol. The SMILES string of the molecule is Cn1cc(CNc2cccc(S(C)(=O)=O)c2)nn1. The molecule has 1 aromatic carbocycles. The number of anilines is 1. The molecule has 18 heavy (non-hydrogen) atoms. The number of benzene rings is 1. The highest BCUT2D eigenvalue weighted by atomic mass is 32.2. The van der Waals surface area contributed by atoms with Gasteiger partial charge in [-0.2, -0.15) is 0 Å². The van der Waals surface area contributed by atoms with E-state index in [1.165, 1.54) is 6.26 Å². The van der Waals surface area contributed by atoms with Crippen LogP contribution in [-0.4, -0.2) is 29.7 Å². The molecule has 2 aromatic rings. The van der Waals surface area contributed by atoms with E-state index in [9.17, 15) is 8.42 Å². The summed E-state index contributed by atoms with van der Waals surface area (Å²) in [4.78, 5) is 0.298. The Morgan fingerprint density at radius 2 is 2.17 bits per heavy atom. The van der Waals surface area contributed by atoms with Gasteiger partial charge in [-0.1, -0.05) is 11.3 Å². The number of nitrogens with one attached hydrogen (secondary N) is 1. The van der Waals surface area contributed by atoms with Crippen LogP contribution in [0.25, 0.3) is 0 Å². The Kier molecular flexibility index (Phi) is 3.33. The maximum Gasteiger partial charge on any atom is 0.175 e. The van der Waals surface area contributed by atoms with Gasteiger partial charge in [0.1, 0.15) is 5.69 Å². The first-order valence-electron chi connectivity index (χ1n) is 5.34. The van der Waals surface area contributed by atoms with E-state index in [0.717, 1.165) is 11.4 Å². The second-order valence-corrected chi connectivity index (χ2v) is 6.05. The number of sulfone groups is 1. The van der Waals surface area contributed by atoms with Crippen LogP contribution in [0.4, 0.5) is 5.69 Å². The second-order valence-electron chi connectivity index (χ2n) is 4.04. The fraction of sp³-hybridized carbons (Fsp3) is 0.273. The zero-order chi connectivity index (χ0) is 13.2. The van der Waals surface area contributed by atoms with E-state index in [2.05, 4.69) is 15.6 Å². The molecular formula is C11H14N4O2S. The molecule has 1 aromatic heterocycles. The van der Waals surface area contributed by atoms with Crippen LogP contribution in [0.3, 0.4) is 0 Å². The Morgan fingerprint density at radius 1 is 1.39 bits per heavy atom. The molecule has 0 saturated heterocycles. The average Bonchev–Trinajstić information content (AvgIpc) is 2.72. The molecule has 0 aliphatic rings. The summed E-state index contributed by atoms with van der Waals surface area (Å²) in [6.07, 6.45) is 2.99. The second kappa shape index (κ2) is 4.77. The molecule has 0 fully saturated rings. The van der Waals surface area contributed by atoms with Crippen LogP contribution in [0.2, 0.25) is 0 Å². The third-order valence-electron chi connectivity index (χ3n) is 2.39. The topological polar surface area (TPSA) is 76.9 Å². The molecule has 0 spiro atoms. The molecule has 0 amide bonds. The number of rotatable bonds is 4. The Labute approximate surface area is 106 Å². The lowest BCUT2D eigenvalue weighted by Crippen LogP contribution is -2.02. The van der Waals surface area contributed by atoms with Crippen LogP contribution >= 0.6 is 0 Å². The van der Waals surface area contributed by atoms with Crippen molar-refractivity contribution in [3.63, 3.8) is 0 Å². The monoisotopic (exact) mass is 266 g/mol. The fourth-order valence-corrected chi connectivity index (χ4v) is 2.17. The Balaban J connectivity index is 2.11. The van der Waals surface area contributed by atoms with Crippen molar-refractivity contribution in [2.24, 2.45) is 7.05 Å². The normalized spacial score (nSPS) is 11.4. The third-order valence-corrected chi connectivity index (χ3v) is 3.50. The minimum atomic E-state index is -3.18. The van der Waals surface area contributed by atoms with Crippen LogP contribution in [-0.2, 0) is 23.4 Å². The first-order chi connectivity index (χ1) is 8.45. The van der Waals surface area contributed by atoms with Crippen molar-refractivity contribution in [3.05, 3.63) is 36.2 Å². The Morgan fingerprint density at radius 3 is 2.78 bits per heavy atom. The molecule has 96 valence electrons.